The molecule has 19 heavy (non-hydrogen) atoms. The molecule has 3 heterocycles. The van der Waals surface area contributed by atoms with Crippen molar-refractivity contribution in [3.05, 3.63) is 17.3 Å². The second-order valence-electron chi connectivity index (χ2n) is 5.50. The molecule has 104 valence electrons. The number of likely N-dealkylation sites (tertiary alicyclic amines) is 1. The number of aromatic nitrogens is 2. The average Bonchev–Trinajstić information content (AvgIpc) is 2.41. The average molecular weight is 285 g/mol. The monoisotopic (exact) mass is 284 g/mol. The van der Waals surface area contributed by atoms with Crippen molar-refractivity contribution < 1.29 is 4.39 Å². The van der Waals surface area contributed by atoms with Gasteiger partial charge in [0.25, 0.3) is 0 Å². The van der Waals surface area contributed by atoms with Crippen molar-refractivity contribution in [1.29, 1.82) is 0 Å². The second-order valence-corrected chi connectivity index (χ2v) is 5.83. The quantitative estimate of drug-likeness (QED) is 0.740. The molecule has 2 atom stereocenters. The molecule has 2 aliphatic heterocycles. The molecular formula is C13H18ClFN4. The summed E-state index contributed by atoms with van der Waals surface area (Å²) in [5.74, 6) is 0.569. The van der Waals surface area contributed by atoms with Gasteiger partial charge in [-0.15, -0.1) is 0 Å². The van der Waals surface area contributed by atoms with Gasteiger partial charge in [-0.1, -0.05) is 0 Å². The molecule has 1 aromatic heterocycles. The van der Waals surface area contributed by atoms with E-state index in [9.17, 15) is 4.39 Å². The van der Waals surface area contributed by atoms with Gasteiger partial charge in [-0.25, -0.2) is 9.37 Å². The Kier molecular flexibility index (Phi) is 3.58. The van der Waals surface area contributed by atoms with Gasteiger partial charge in [0, 0.05) is 19.1 Å². The fraction of sp³-hybridized carbons (Fsp3) is 0.692. The van der Waals surface area contributed by atoms with Crippen molar-refractivity contribution in [3.63, 3.8) is 0 Å². The SMILES string of the molecule is CN1CCCC2CN(c3nc(Cl)ncc3F)CCC21. The van der Waals surface area contributed by atoms with Crippen LogP contribution < -0.4 is 4.90 Å². The molecule has 0 aromatic carbocycles. The minimum Gasteiger partial charge on any atom is -0.354 e. The van der Waals surface area contributed by atoms with Gasteiger partial charge in [0.05, 0.1) is 6.20 Å². The highest BCUT2D eigenvalue weighted by molar-refractivity contribution is 6.28. The van der Waals surface area contributed by atoms with Crippen molar-refractivity contribution in [1.82, 2.24) is 14.9 Å². The van der Waals surface area contributed by atoms with Crippen LogP contribution in [0, 0.1) is 11.7 Å². The van der Waals surface area contributed by atoms with E-state index in [1.54, 1.807) is 0 Å². The summed E-state index contributed by atoms with van der Waals surface area (Å²) in [7, 11) is 2.19. The Morgan fingerprint density at radius 2 is 2.21 bits per heavy atom. The van der Waals surface area contributed by atoms with Crippen molar-refractivity contribution in [3.8, 4) is 0 Å². The summed E-state index contributed by atoms with van der Waals surface area (Å²) in [5.41, 5.74) is 0. The van der Waals surface area contributed by atoms with Crippen molar-refractivity contribution in [2.75, 3.05) is 31.6 Å². The second kappa shape index (κ2) is 5.21. The van der Waals surface area contributed by atoms with E-state index in [-0.39, 0.29) is 11.1 Å². The lowest BCUT2D eigenvalue weighted by Crippen LogP contribution is -2.53. The van der Waals surface area contributed by atoms with Crippen molar-refractivity contribution in [2.24, 2.45) is 5.92 Å². The lowest BCUT2D eigenvalue weighted by Gasteiger charge is -2.46. The first-order valence-electron chi connectivity index (χ1n) is 6.78. The van der Waals surface area contributed by atoms with Crippen LogP contribution in [-0.4, -0.2) is 47.6 Å². The number of piperidine rings is 2. The van der Waals surface area contributed by atoms with Gasteiger partial charge >= 0.3 is 0 Å². The van der Waals surface area contributed by atoms with Crippen LogP contribution in [-0.2, 0) is 0 Å². The molecule has 0 spiro atoms. The van der Waals surface area contributed by atoms with E-state index in [1.807, 2.05) is 4.90 Å². The third-order valence-electron chi connectivity index (χ3n) is 4.34. The summed E-state index contributed by atoms with van der Waals surface area (Å²) in [6, 6.07) is 0.630. The van der Waals surface area contributed by atoms with E-state index in [4.69, 9.17) is 11.6 Å². The van der Waals surface area contributed by atoms with Gasteiger partial charge in [-0.05, 0) is 50.4 Å². The summed E-state index contributed by atoms with van der Waals surface area (Å²) in [6.45, 7) is 2.86. The Morgan fingerprint density at radius 1 is 1.37 bits per heavy atom. The van der Waals surface area contributed by atoms with Gasteiger partial charge in [0.2, 0.25) is 5.28 Å². The molecular weight excluding hydrogens is 267 g/mol. The summed E-state index contributed by atoms with van der Waals surface area (Å²) in [5, 5.41) is 0.110. The maximum atomic E-state index is 13.8. The number of nitrogens with zero attached hydrogens (tertiary/aromatic N) is 4. The Balaban J connectivity index is 1.79. The molecule has 3 rings (SSSR count). The van der Waals surface area contributed by atoms with Gasteiger partial charge in [-0.3, -0.25) is 0 Å². The number of rotatable bonds is 1. The van der Waals surface area contributed by atoms with Crippen molar-refractivity contribution in [2.45, 2.75) is 25.3 Å². The number of halogens is 2. The van der Waals surface area contributed by atoms with Crippen LogP contribution in [0.15, 0.2) is 6.20 Å². The molecule has 0 radical (unpaired) electrons. The van der Waals surface area contributed by atoms with Gasteiger partial charge in [0.1, 0.15) is 0 Å². The van der Waals surface area contributed by atoms with E-state index in [1.165, 1.54) is 19.4 Å². The molecule has 0 saturated carbocycles. The molecule has 4 nitrogen and oxygen atoms in total. The highest BCUT2D eigenvalue weighted by atomic mass is 35.5. The standard InChI is InChI=1S/C13H18ClFN4/c1-18-5-2-3-9-8-19(6-4-11(9)18)12-10(15)7-16-13(14)17-12/h7,9,11H,2-6,8H2,1H3. The van der Waals surface area contributed by atoms with Crippen LogP contribution in [0.1, 0.15) is 19.3 Å². The molecule has 0 aliphatic carbocycles. The van der Waals surface area contributed by atoms with Crippen LogP contribution in [0.25, 0.3) is 0 Å². The molecule has 0 bridgehead atoms. The molecule has 0 amide bonds. The Hall–Kier alpha value is -0.940. The smallest absolute Gasteiger partial charge is 0.224 e. The van der Waals surface area contributed by atoms with Gasteiger partial charge < -0.3 is 9.80 Å². The minimum absolute atomic E-state index is 0.110. The molecule has 0 N–H and O–H groups in total. The van der Waals surface area contributed by atoms with Crippen LogP contribution in [0.2, 0.25) is 5.28 Å². The number of fused-ring (bicyclic) bond motifs is 1. The summed E-state index contributed by atoms with van der Waals surface area (Å²) in [4.78, 5) is 12.2. The first kappa shape index (κ1) is 13.1. The van der Waals surface area contributed by atoms with Crippen LogP contribution >= 0.6 is 11.6 Å². The normalized spacial score (nSPS) is 28.3. The maximum Gasteiger partial charge on any atom is 0.224 e. The third kappa shape index (κ3) is 2.54. The summed E-state index contributed by atoms with van der Waals surface area (Å²) < 4.78 is 13.8. The zero-order chi connectivity index (χ0) is 13.4. The van der Waals surface area contributed by atoms with Gasteiger partial charge in [0.15, 0.2) is 11.6 Å². The Bertz CT molecular complexity index is 470. The predicted molar refractivity (Wildman–Crippen MR) is 73.0 cm³/mol. The first-order chi connectivity index (χ1) is 9.15. The van der Waals surface area contributed by atoms with E-state index in [0.29, 0.717) is 17.8 Å². The van der Waals surface area contributed by atoms with Crippen molar-refractivity contribution >= 4 is 17.4 Å². The molecule has 1 aromatic rings. The summed E-state index contributed by atoms with van der Waals surface area (Å²) >= 11 is 5.77. The van der Waals surface area contributed by atoms with E-state index in [2.05, 4.69) is 21.9 Å². The molecule has 2 saturated heterocycles. The van der Waals surface area contributed by atoms with E-state index >= 15 is 0 Å². The number of anilines is 1. The van der Waals surface area contributed by atoms with Crippen LogP contribution in [0.5, 0.6) is 0 Å². The highest BCUT2D eigenvalue weighted by Gasteiger charge is 2.35. The number of hydrogen-bond donors (Lipinski definition) is 0. The Labute approximate surface area is 117 Å². The zero-order valence-corrected chi connectivity index (χ0v) is 11.8. The molecule has 6 heteroatoms. The number of hydrogen-bond acceptors (Lipinski definition) is 4. The fourth-order valence-corrected chi connectivity index (χ4v) is 3.53. The topological polar surface area (TPSA) is 32.3 Å². The zero-order valence-electron chi connectivity index (χ0n) is 11.0. The lowest BCUT2D eigenvalue weighted by atomic mass is 9.84. The Morgan fingerprint density at radius 3 is 3.05 bits per heavy atom. The van der Waals surface area contributed by atoms with E-state index in [0.717, 1.165) is 25.7 Å². The maximum absolute atomic E-state index is 13.8. The van der Waals surface area contributed by atoms with Gasteiger partial charge in [-0.2, -0.15) is 4.98 Å². The largest absolute Gasteiger partial charge is 0.354 e. The molecule has 2 aliphatic rings. The predicted octanol–water partition coefficient (Wildman–Crippen LogP) is 2.19. The fourth-order valence-electron chi connectivity index (χ4n) is 3.40. The molecule has 2 fully saturated rings. The van der Waals surface area contributed by atoms with Crippen LogP contribution in [0.4, 0.5) is 10.2 Å². The molecule has 2 unspecified atom stereocenters. The van der Waals surface area contributed by atoms with E-state index < -0.39 is 0 Å². The highest BCUT2D eigenvalue weighted by Crippen LogP contribution is 2.32. The lowest BCUT2D eigenvalue weighted by molar-refractivity contribution is 0.102. The summed E-state index contributed by atoms with van der Waals surface area (Å²) in [6.07, 6.45) is 4.65. The first-order valence-corrected chi connectivity index (χ1v) is 7.16. The van der Waals surface area contributed by atoms with Crippen LogP contribution in [0.3, 0.4) is 0 Å². The third-order valence-corrected chi connectivity index (χ3v) is 4.52. The minimum atomic E-state index is -0.382.